The van der Waals surface area contributed by atoms with Gasteiger partial charge in [-0.15, -0.1) is 0 Å². The Morgan fingerprint density at radius 2 is 1.78 bits per heavy atom. The van der Waals surface area contributed by atoms with Gasteiger partial charge in [-0.25, -0.2) is 4.68 Å². The van der Waals surface area contributed by atoms with Gasteiger partial charge < -0.3 is 5.32 Å². The molecule has 0 aliphatic rings. The molecule has 0 aliphatic carbocycles. The van der Waals surface area contributed by atoms with Gasteiger partial charge in [0, 0.05) is 23.0 Å². The van der Waals surface area contributed by atoms with Crippen molar-refractivity contribution in [2.24, 2.45) is 0 Å². The summed E-state index contributed by atoms with van der Waals surface area (Å²) >= 11 is 5.82. The summed E-state index contributed by atoms with van der Waals surface area (Å²) < 4.78 is 39.6. The number of carbonyl (C=O) groups excluding carboxylic acids is 1. The molecular weight excluding hydrogens is 383 g/mol. The van der Waals surface area contributed by atoms with E-state index in [0.29, 0.717) is 10.7 Å². The molecular formula is C18H11ClF3N3O2. The predicted octanol–water partition coefficient (Wildman–Crippen LogP) is 4.16. The Morgan fingerprint density at radius 3 is 2.44 bits per heavy atom. The fourth-order valence-corrected chi connectivity index (χ4v) is 2.39. The van der Waals surface area contributed by atoms with Gasteiger partial charge in [-0.1, -0.05) is 17.7 Å². The van der Waals surface area contributed by atoms with Crippen LogP contribution in [0.15, 0.2) is 65.6 Å². The zero-order valence-corrected chi connectivity index (χ0v) is 14.3. The molecule has 0 atom stereocenters. The minimum atomic E-state index is -4.55. The third-order valence-corrected chi connectivity index (χ3v) is 3.81. The van der Waals surface area contributed by atoms with Crippen LogP contribution in [0.5, 0.6) is 0 Å². The maximum Gasteiger partial charge on any atom is 0.416 e. The van der Waals surface area contributed by atoms with Gasteiger partial charge in [-0.2, -0.15) is 18.3 Å². The first-order valence-electron chi connectivity index (χ1n) is 7.58. The van der Waals surface area contributed by atoms with Crippen molar-refractivity contribution in [3.05, 3.63) is 87.3 Å². The van der Waals surface area contributed by atoms with Gasteiger partial charge in [0.15, 0.2) is 5.69 Å². The average molecular weight is 394 g/mol. The van der Waals surface area contributed by atoms with Crippen LogP contribution in [-0.2, 0) is 6.18 Å². The van der Waals surface area contributed by atoms with Crippen LogP contribution >= 0.6 is 11.6 Å². The Labute approximate surface area is 156 Å². The van der Waals surface area contributed by atoms with Gasteiger partial charge in [0.05, 0.1) is 11.3 Å². The molecule has 0 unspecified atom stereocenters. The number of benzene rings is 2. The molecule has 27 heavy (non-hydrogen) atoms. The van der Waals surface area contributed by atoms with E-state index in [1.54, 1.807) is 24.3 Å². The Balaban J connectivity index is 1.90. The summed E-state index contributed by atoms with van der Waals surface area (Å²) in [6.07, 6.45) is -3.18. The molecule has 3 rings (SSSR count). The topological polar surface area (TPSA) is 64.0 Å². The second-order valence-electron chi connectivity index (χ2n) is 5.48. The maximum absolute atomic E-state index is 12.8. The first-order chi connectivity index (χ1) is 12.7. The number of hydrogen-bond acceptors (Lipinski definition) is 3. The number of anilines is 1. The highest BCUT2D eigenvalue weighted by Crippen LogP contribution is 2.30. The zero-order chi connectivity index (χ0) is 19.6. The Bertz CT molecular complexity index is 1050. The van der Waals surface area contributed by atoms with Gasteiger partial charge in [0.25, 0.3) is 5.91 Å². The molecule has 1 N–H and O–H groups in total. The lowest BCUT2D eigenvalue weighted by Gasteiger charge is -2.10. The van der Waals surface area contributed by atoms with E-state index in [1.807, 2.05) is 0 Å². The van der Waals surface area contributed by atoms with Crippen molar-refractivity contribution in [1.29, 1.82) is 0 Å². The van der Waals surface area contributed by atoms with Crippen molar-refractivity contribution in [2.45, 2.75) is 6.18 Å². The lowest BCUT2D eigenvalue weighted by molar-refractivity contribution is -0.137. The third-order valence-electron chi connectivity index (χ3n) is 3.56. The van der Waals surface area contributed by atoms with Crippen LogP contribution in [0, 0.1) is 0 Å². The van der Waals surface area contributed by atoms with Crippen molar-refractivity contribution in [3.8, 4) is 5.69 Å². The summed E-state index contributed by atoms with van der Waals surface area (Å²) in [5, 5.41) is 6.73. The van der Waals surface area contributed by atoms with E-state index in [2.05, 4.69) is 10.4 Å². The summed E-state index contributed by atoms with van der Waals surface area (Å²) in [6, 6.07) is 11.7. The molecule has 0 fully saturated rings. The van der Waals surface area contributed by atoms with Gasteiger partial charge in [0.1, 0.15) is 0 Å². The summed E-state index contributed by atoms with van der Waals surface area (Å²) in [5.74, 6) is -0.914. The monoisotopic (exact) mass is 393 g/mol. The van der Waals surface area contributed by atoms with Crippen LogP contribution in [0.4, 0.5) is 18.9 Å². The van der Waals surface area contributed by atoms with Crippen LogP contribution in [0.3, 0.4) is 0 Å². The first kappa shape index (κ1) is 18.7. The molecule has 0 spiro atoms. The van der Waals surface area contributed by atoms with Crippen LogP contribution in [-0.4, -0.2) is 15.7 Å². The number of halogens is 4. The average Bonchev–Trinajstić information content (AvgIpc) is 2.62. The normalized spacial score (nSPS) is 11.3. The molecule has 1 amide bonds. The largest absolute Gasteiger partial charge is 0.416 e. The summed E-state index contributed by atoms with van der Waals surface area (Å²) in [5.41, 5.74) is -1.58. The molecule has 0 saturated heterocycles. The number of alkyl halides is 3. The van der Waals surface area contributed by atoms with Crippen molar-refractivity contribution in [2.75, 3.05) is 5.32 Å². The highest BCUT2D eigenvalue weighted by molar-refractivity contribution is 6.30. The van der Waals surface area contributed by atoms with Gasteiger partial charge in [0.2, 0.25) is 5.43 Å². The van der Waals surface area contributed by atoms with E-state index in [1.165, 1.54) is 16.9 Å². The standard InChI is InChI=1S/C18H11ClF3N3O2/c19-12-4-6-14(7-5-12)25-9-8-15(26)16(24-25)17(27)23-13-3-1-2-11(10-13)18(20,21)22/h1-10H,(H,23,27). The molecule has 9 heteroatoms. The van der Waals surface area contributed by atoms with Crippen LogP contribution in [0.1, 0.15) is 16.1 Å². The lowest BCUT2D eigenvalue weighted by atomic mass is 10.2. The number of aromatic nitrogens is 2. The van der Waals surface area contributed by atoms with E-state index < -0.39 is 28.8 Å². The molecule has 3 aromatic rings. The Kier molecular flexibility index (Phi) is 5.00. The quantitative estimate of drug-likeness (QED) is 0.726. The fraction of sp³-hybridized carbons (Fsp3) is 0.0556. The smallest absolute Gasteiger partial charge is 0.320 e. The van der Waals surface area contributed by atoms with Crippen LogP contribution in [0.25, 0.3) is 5.69 Å². The summed E-state index contributed by atoms with van der Waals surface area (Å²) in [7, 11) is 0. The van der Waals surface area contributed by atoms with E-state index in [-0.39, 0.29) is 5.69 Å². The van der Waals surface area contributed by atoms with Crippen LogP contribution < -0.4 is 10.7 Å². The second-order valence-corrected chi connectivity index (χ2v) is 5.92. The number of nitrogens with zero attached hydrogens (tertiary/aromatic N) is 2. The fourth-order valence-electron chi connectivity index (χ4n) is 2.27. The van der Waals surface area contributed by atoms with Gasteiger partial charge in [-0.3, -0.25) is 9.59 Å². The molecule has 5 nitrogen and oxygen atoms in total. The minimum absolute atomic E-state index is 0.0991. The molecule has 2 aromatic carbocycles. The summed E-state index contributed by atoms with van der Waals surface area (Å²) in [6.45, 7) is 0. The third kappa shape index (κ3) is 4.35. The SMILES string of the molecule is O=C(Nc1cccc(C(F)(F)F)c1)c1nn(-c2ccc(Cl)cc2)ccc1=O. The number of carbonyl (C=O) groups is 1. The zero-order valence-electron chi connectivity index (χ0n) is 13.5. The molecule has 0 radical (unpaired) electrons. The van der Waals surface area contributed by atoms with Crippen molar-refractivity contribution < 1.29 is 18.0 Å². The maximum atomic E-state index is 12.8. The van der Waals surface area contributed by atoms with Crippen molar-refractivity contribution in [3.63, 3.8) is 0 Å². The molecule has 1 aromatic heterocycles. The second kappa shape index (κ2) is 7.24. The van der Waals surface area contributed by atoms with E-state index >= 15 is 0 Å². The molecule has 0 bridgehead atoms. The molecule has 0 aliphatic heterocycles. The van der Waals surface area contributed by atoms with Gasteiger partial charge in [-0.05, 0) is 42.5 Å². The lowest BCUT2D eigenvalue weighted by Crippen LogP contribution is -2.25. The van der Waals surface area contributed by atoms with Crippen LogP contribution in [0.2, 0.25) is 5.02 Å². The van der Waals surface area contributed by atoms with E-state index in [4.69, 9.17) is 11.6 Å². The van der Waals surface area contributed by atoms with Crippen molar-refractivity contribution >= 4 is 23.2 Å². The van der Waals surface area contributed by atoms with E-state index in [9.17, 15) is 22.8 Å². The predicted molar refractivity (Wildman–Crippen MR) is 94.2 cm³/mol. The molecule has 1 heterocycles. The first-order valence-corrected chi connectivity index (χ1v) is 7.96. The number of rotatable bonds is 3. The molecule has 138 valence electrons. The minimum Gasteiger partial charge on any atom is -0.320 e. The molecule has 0 saturated carbocycles. The highest BCUT2D eigenvalue weighted by Gasteiger charge is 2.30. The Morgan fingerprint density at radius 1 is 1.07 bits per heavy atom. The van der Waals surface area contributed by atoms with E-state index in [0.717, 1.165) is 24.3 Å². The Hall–Kier alpha value is -3.13. The van der Waals surface area contributed by atoms with Gasteiger partial charge >= 0.3 is 6.18 Å². The summed E-state index contributed by atoms with van der Waals surface area (Å²) in [4.78, 5) is 24.3. The van der Waals surface area contributed by atoms with Crippen molar-refractivity contribution in [1.82, 2.24) is 9.78 Å². The number of nitrogens with one attached hydrogen (secondary N) is 1. The number of amides is 1. The highest BCUT2D eigenvalue weighted by atomic mass is 35.5. The number of hydrogen-bond donors (Lipinski definition) is 1.